The smallest absolute Gasteiger partial charge is 0.314 e. The van der Waals surface area contributed by atoms with Gasteiger partial charge in [-0.05, 0) is 30.0 Å². The maximum atomic E-state index is 12.9. The van der Waals surface area contributed by atoms with Crippen LogP contribution >= 0.6 is 0 Å². The molecule has 2 aliphatic carbocycles. The zero-order valence-corrected chi connectivity index (χ0v) is 18.7. The first-order chi connectivity index (χ1) is 14.3. The Labute approximate surface area is 181 Å². The number of hydrogen-bond donors (Lipinski definition) is 4. The highest BCUT2D eigenvalue weighted by atomic mass is 16.6. The number of phenolic OH excluding ortho intramolecular Hbond substituents is 1. The van der Waals surface area contributed by atoms with Gasteiger partial charge in [0.05, 0.1) is 24.7 Å². The lowest BCUT2D eigenvalue weighted by molar-refractivity contribution is -0.219. The van der Waals surface area contributed by atoms with Crippen LogP contribution in [-0.4, -0.2) is 57.8 Å². The first kappa shape index (κ1) is 23.5. The zero-order chi connectivity index (χ0) is 23.5. The molecule has 2 aliphatic rings. The van der Waals surface area contributed by atoms with Gasteiger partial charge in [-0.1, -0.05) is 26.8 Å². The Kier molecular flexibility index (Phi) is 5.88. The molecule has 1 saturated carbocycles. The number of phenols is 1. The summed E-state index contributed by atoms with van der Waals surface area (Å²) >= 11 is 0. The SMILES string of the molecule is COC(=O)[C@]1(C)[C@H](O)C[C@H](O)[C@]2(C)c3c(O)cc(C(C)C)cc3[C@H](O)[C@@H](OC(C)=O)[C@H]12. The zero-order valence-electron chi connectivity index (χ0n) is 18.7. The fraction of sp³-hybridized carbons (Fsp3) is 0.652. The summed E-state index contributed by atoms with van der Waals surface area (Å²) in [6.07, 6.45) is -5.32. The largest absolute Gasteiger partial charge is 0.508 e. The Morgan fingerprint density at radius 1 is 1.13 bits per heavy atom. The van der Waals surface area contributed by atoms with Crippen LogP contribution in [0.5, 0.6) is 5.75 Å². The predicted octanol–water partition coefficient (Wildman–Crippen LogP) is 1.67. The van der Waals surface area contributed by atoms with E-state index in [9.17, 15) is 30.0 Å². The molecule has 31 heavy (non-hydrogen) atoms. The average molecular weight is 437 g/mol. The highest BCUT2D eigenvalue weighted by Crippen LogP contribution is 2.62. The number of rotatable bonds is 3. The average Bonchev–Trinajstić information content (AvgIpc) is 2.68. The topological polar surface area (TPSA) is 134 Å². The molecule has 8 nitrogen and oxygen atoms in total. The van der Waals surface area contributed by atoms with Gasteiger partial charge in [0, 0.05) is 30.2 Å². The number of aliphatic hydroxyl groups is 3. The number of aliphatic hydroxyl groups excluding tert-OH is 3. The molecule has 7 atom stereocenters. The molecule has 0 bridgehead atoms. The van der Waals surface area contributed by atoms with Crippen LogP contribution < -0.4 is 0 Å². The van der Waals surface area contributed by atoms with E-state index in [2.05, 4.69) is 0 Å². The quantitative estimate of drug-likeness (QED) is 0.526. The summed E-state index contributed by atoms with van der Waals surface area (Å²) in [5.41, 5.74) is -1.56. The molecule has 0 aliphatic heterocycles. The van der Waals surface area contributed by atoms with E-state index in [0.29, 0.717) is 5.56 Å². The second-order valence-electron chi connectivity index (χ2n) is 9.48. The molecule has 172 valence electrons. The van der Waals surface area contributed by atoms with E-state index >= 15 is 0 Å². The monoisotopic (exact) mass is 436 g/mol. The fourth-order valence-electron chi connectivity index (χ4n) is 5.73. The van der Waals surface area contributed by atoms with Crippen LogP contribution in [0.4, 0.5) is 0 Å². The molecule has 1 aromatic rings. The standard InChI is InChI=1S/C23H32O8/c1-10(2)12-7-13-17(14(25)8-12)22(4)15(26)9-16(27)23(5,21(29)30-6)20(22)19(18(13)28)31-11(3)24/h7-8,10,15-16,18-20,25-28H,9H2,1-6H3/t15-,16+,18-,19+,20-,22+,23+/m0/s1. The van der Waals surface area contributed by atoms with Gasteiger partial charge >= 0.3 is 11.9 Å². The van der Waals surface area contributed by atoms with Crippen molar-refractivity contribution in [2.45, 2.75) is 76.8 Å². The molecule has 1 aromatic carbocycles. The van der Waals surface area contributed by atoms with Gasteiger partial charge in [0.2, 0.25) is 0 Å². The van der Waals surface area contributed by atoms with Crippen molar-refractivity contribution >= 4 is 11.9 Å². The molecule has 8 heteroatoms. The fourth-order valence-corrected chi connectivity index (χ4v) is 5.73. The first-order valence-corrected chi connectivity index (χ1v) is 10.5. The Balaban J connectivity index is 2.39. The summed E-state index contributed by atoms with van der Waals surface area (Å²) in [5, 5.41) is 44.4. The molecule has 0 amide bonds. The van der Waals surface area contributed by atoms with E-state index in [0.717, 1.165) is 5.56 Å². The van der Waals surface area contributed by atoms with Gasteiger partial charge < -0.3 is 29.9 Å². The minimum absolute atomic E-state index is 0.0412. The molecule has 3 rings (SSSR count). The van der Waals surface area contributed by atoms with E-state index in [1.54, 1.807) is 19.1 Å². The number of ether oxygens (including phenoxy) is 2. The second-order valence-corrected chi connectivity index (χ2v) is 9.48. The second kappa shape index (κ2) is 7.76. The third kappa shape index (κ3) is 3.23. The number of methoxy groups -OCH3 is 1. The van der Waals surface area contributed by atoms with E-state index in [4.69, 9.17) is 9.47 Å². The van der Waals surface area contributed by atoms with Crippen LogP contribution in [-0.2, 0) is 24.5 Å². The highest BCUT2D eigenvalue weighted by Gasteiger charge is 2.69. The summed E-state index contributed by atoms with van der Waals surface area (Å²) < 4.78 is 10.5. The van der Waals surface area contributed by atoms with Gasteiger partial charge in [0.25, 0.3) is 0 Å². The van der Waals surface area contributed by atoms with Gasteiger partial charge in [-0.2, -0.15) is 0 Å². The lowest BCUT2D eigenvalue weighted by Gasteiger charge is -2.60. The van der Waals surface area contributed by atoms with Crippen LogP contribution in [0.1, 0.15) is 69.8 Å². The van der Waals surface area contributed by atoms with Crippen LogP contribution in [0.2, 0.25) is 0 Å². The van der Waals surface area contributed by atoms with E-state index in [1.807, 2.05) is 13.8 Å². The van der Waals surface area contributed by atoms with Crippen molar-refractivity contribution in [1.82, 2.24) is 0 Å². The maximum Gasteiger partial charge on any atom is 0.314 e. The summed E-state index contributed by atoms with van der Waals surface area (Å²) in [6, 6.07) is 3.31. The molecule has 0 unspecified atom stereocenters. The van der Waals surface area contributed by atoms with E-state index in [1.165, 1.54) is 21.0 Å². The van der Waals surface area contributed by atoms with Crippen molar-refractivity contribution in [3.8, 4) is 5.75 Å². The van der Waals surface area contributed by atoms with Gasteiger partial charge in [0.1, 0.15) is 18.0 Å². The maximum absolute atomic E-state index is 12.9. The Morgan fingerprint density at radius 2 is 1.74 bits per heavy atom. The van der Waals surface area contributed by atoms with Gasteiger partial charge in [0.15, 0.2) is 0 Å². The van der Waals surface area contributed by atoms with Crippen molar-refractivity contribution in [1.29, 1.82) is 0 Å². The van der Waals surface area contributed by atoms with Crippen LogP contribution in [0.3, 0.4) is 0 Å². The lowest BCUT2D eigenvalue weighted by atomic mass is 9.46. The summed E-state index contributed by atoms with van der Waals surface area (Å²) in [5.74, 6) is -2.60. The van der Waals surface area contributed by atoms with Crippen molar-refractivity contribution in [2.24, 2.45) is 11.3 Å². The third-order valence-electron chi connectivity index (χ3n) is 7.38. The first-order valence-electron chi connectivity index (χ1n) is 10.5. The van der Waals surface area contributed by atoms with Crippen molar-refractivity contribution < 1.29 is 39.5 Å². The van der Waals surface area contributed by atoms with Crippen molar-refractivity contribution in [3.05, 3.63) is 28.8 Å². The Morgan fingerprint density at radius 3 is 2.26 bits per heavy atom. The van der Waals surface area contributed by atoms with Crippen LogP contribution in [0.15, 0.2) is 12.1 Å². The number of carbonyl (C=O) groups excluding carboxylic acids is 2. The number of esters is 2. The Bertz CT molecular complexity index is 896. The molecule has 0 radical (unpaired) electrons. The summed E-state index contributed by atoms with van der Waals surface area (Å²) in [7, 11) is 1.18. The number of fused-ring (bicyclic) bond motifs is 3. The molecule has 4 N–H and O–H groups in total. The van der Waals surface area contributed by atoms with E-state index in [-0.39, 0.29) is 23.7 Å². The lowest BCUT2D eigenvalue weighted by Crippen LogP contribution is -2.69. The minimum Gasteiger partial charge on any atom is -0.508 e. The van der Waals surface area contributed by atoms with Crippen LogP contribution in [0, 0.1) is 11.3 Å². The Hall–Kier alpha value is -2.16. The molecule has 0 saturated heterocycles. The van der Waals surface area contributed by atoms with E-state index < -0.39 is 53.1 Å². The molecule has 0 spiro atoms. The molecule has 1 fully saturated rings. The minimum atomic E-state index is -1.62. The summed E-state index contributed by atoms with van der Waals surface area (Å²) in [6.45, 7) is 8.19. The summed E-state index contributed by atoms with van der Waals surface area (Å²) in [4.78, 5) is 24.9. The van der Waals surface area contributed by atoms with Gasteiger partial charge in [-0.15, -0.1) is 0 Å². The van der Waals surface area contributed by atoms with Crippen molar-refractivity contribution in [3.63, 3.8) is 0 Å². The number of carbonyl (C=O) groups is 2. The van der Waals surface area contributed by atoms with Gasteiger partial charge in [-0.25, -0.2) is 0 Å². The molecule has 0 aromatic heterocycles. The molecular weight excluding hydrogens is 404 g/mol. The predicted molar refractivity (Wildman–Crippen MR) is 110 cm³/mol. The molecule has 0 heterocycles. The number of hydrogen-bond acceptors (Lipinski definition) is 8. The van der Waals surface area contributed by atoms with Gasteiger partial charge in [-0.3, -0.25) is 9.59 Å². The third-order valence-corrected chi connectivity index (χ3v) is 7.38. The normalized spacial score (nSPS) is 37.0. The molecular formula is C23H32O8. The highest BCUT2D eigenvalue weighted by molar-refractivity contribution is 5.79. The number of aromatic hydroxyl groups is 1. The van der Waals surface area contributed by atoms with Crippen molar-refractivity contribution in [2.75, 3.05) is 7.11 Å². The van der Waals surface area contributed by atoms with Crippen LogP contribution in [0.25, 0.3) is 0 Å². The number of benzene rings is 1.